The lowest BCUT2D eigenvalue weighted by atomic mass is 12.0. The van der Waals surface area contributed by atoms with Crippen molar-refractivity contribution in [2.24, 2.45) is 0 Å². The Labute approximate surface area is 52.9 Å². The number of hydrogen-bond acceptors (Lipinski definition) is 5. The summed E-state index contributed by atoms with van der Waals surface area (Å²) in [4.78, 5) is 0. The molecule has 0 saturated heterocycles. The van der Waals surface area contributed by atoms with Crippen LogP contribution in [0.25, 0.3) is 0 Å². The molecule has 8 heavy (non-hydrogen) atoms. The van der Waals surface area contributed by atoms with Crippen molar-refractivity contribution < 1.29 is 22.5 Å². The molecule has 0 aromatic rings. The maximum Gasteiger partial charge on any atom is 0.425 e. The Hall–Kier alpha value is -0.560. The smallest absolute Gasteiger partial charge is 0.168 e. The van der Waals surface area contributed by atoms with Gasteiger partial charge in [-0.25, -0.2) is 0 Å². The summed E-state index contributed by atoms with van der Waals surface area (Å²) in [7, 11) is -3.11. The fourth-order valence-corrected chi connectivity index (χ4v) is 0. The molecule has 0 unspecified atom stereocenters. The van der Waals surface area contributed by atoms with E-state index in [4.69, 9.17) is 21.0 Å². The van der Waals surface area contributed by atoms with Crippen molar-refractivity contribution in [1.29, 1.82) is 0 Å². The zero-order valence-electron chi connectivity index (χ0n) is 2.86. The molecule has 0 aromatic carbocycles. The summed E-state index contributed by atoms with van der Waals surface area (Å²) in [5.41, 5.74) is 0. The van der Waals surface area contributed by atoms with Crippen molar-refractivity contribution in [1.82, 2.24) is 0 Å². The van der Waals surface area contributed by atoms with Crippen LogP contribution in [-0.4, -0.2) is 21.0 Å². The van der Waals surface area contributed by atoms with Gasteiger partial charge in [0.2, 0.25) is 0 Å². The molecule has 0 aliphatic heterocycles. The van der Waals surface area contributed by atoms with E-state index < -0.39 is 22.2 Å². The first-order chi connectivity index (χ1) is 3.15. The molecule has 0 fully saturated rings. The Kier molecular flexibility index (Phi) is 31.5. The van der Waals surface area contributed by atoms with Crippen LogP contribution in [0.15, 0.2) is 0 Å². The van der Waals surface area contributed by atoms with Gasteiger partial charge in [-0.1, -0.05) is 7.43 Å². The summed E-state index contributed by atoms with van der Waals surface area (Å²) in [6.45, 7) is 0. The van der Waals surface area contributed by atoms with Crippen molar-refractivity contribution >= 4 is 22.2 Å². The Morgan fingerprint density at radius 1 is 1.12 bits per heavy atom. The third-order valence-corrected chi connectivity index (χ3v) is 0. The molecule has 0 spiro atoms. The highest BCUT2D eigenvalue weighted by atomic mass is 32.2. The lowest BCUT2D eigenvalue weighted by Gasteiger charge is -1.11. The SMILES string of the molecule is C.O=S(=O)=O.O=S=O.[2HH]. The number of rotatable bonds is 0. The molecule has 7 heteroatoms. The van der Waals surface area contributed by atoms with E-state index >= 15 is 0 Å². The lowest BCUT2D eigenvalue weighted by molar-refractivity contribution is 0.559. The minimum Gasteiger partial charge on any atom is -0.168 e. The minimum atomic E-state index is -3.11. The van der Waals surface area contributed by atoms with Gasteiger partial charge < -0.3 is 0 Å². The van der Waals surface area contributed by atoms with Gasteiger partial charge in [0.15, 0.2) is 0 Å². The molecule has 0 radical (unpaired) electrons. The quantitative estimate of drug-likeness (QED) is 0.467. The van der Waals surface area contributed by atoms with Crippen molar-refractivity contribution in [2.45, 2.75) is 7.43 Å². The van der Waals surface area contributed by atoms with Gasteiger partial charge in [0.1, 0.15) is 0 Å². The Morgan fingerprint density at radius 2 is 1.12 bits per heavy atom. The molecule has 52 valence electrons. The van der Waals surface area contributed by atoms with Gasteiger partial charge in [-0.3, -0.25) is 0 Å². The van der Waals surface area contributed by atoms with Crippen LogP contribution in [0.1, 0.15) is 8.85 Å². The van der Waals surface area contributed by atoms with Gasteiger partial charge in [-0.05, 0) is 0 Å². The standard InChI is InChI=1S/CH4.O3S.O2S.H2/c;1-4(2)3;1-3-2;/h1H4;;;1H/i;;;1+1. The topological polar surface area (TPSA) is 85.3 Å². The van der Waals surface area contributed by atoms with Gasteiger partial charge >= 0.3 is 22.2 Å². The second-order valence-electron chi connectivity index (χ2n) is 0.272. The van der Waals surface area contributed by atoms with Crippen LogP contribution >= 0.6 is 0 Å². The van der Waals surface area contributed by atoms with Crippen LogP contribution in [-0.2, 0) is 22.2 Å². The van der Waals surface area contributed by atoms with Crippen molar-refractivity contribution in [3.63, 3.8) is 0 Å². The highest BCUT2D eigenvalue weighted by Crippen LogP contribution is 1.07. The van der Waals surface area contributed by atoms with Gasteiger partial charge in [-0.15, -0.1) is 12.6 Å². The third kappa shape index (κ3) is 342. The average Bonchev–Trinajstić information content (AvgIpc) is 1.33. The fourth-order valence-electron chi connectivity index (χ4n) is 0. The summed E-state index contributed by atoms with van der Waals surface area (Å²) >= 11 is -0.750. The third-order valence-electron chi connectivity index (χ3n) is 0. The van der Waals surface area contributed by atoms with E-state index in [1.807, 2.05) is 0 Å². The Bertz CT molecular complexity index is 142. The Morgan fingerprint density at radius 3 is 1.12 bits per heavy atom. The summed E-state index contributed by atoms with van der Waals surface area (Å²) in [5.74, 6) is 0. The zero-order chi connectivity index (χ0) is 6.28. The molecule has 0 heterocycles. The molecule has 0 atom stereocenters. The maximum absolute atomic E-state index is 8.44. The highest BCUT2D eigenvalue weighted by Gasteiger charge is 1.40. The largest absolute Gasteiger partial charge is 0.425 e. The van der Waals surface area contributed by atoms with Gasteiger partial charge in [0.05, 0.1) is 0 Å². The van der Waals surface area contributed by atoms with Crippen molar-refractivity contribution in [3.05, 3.63) is 0 Å². The molecule has 0 N–H and O–H groups in total. The van der Waals surface area contributed by atoms with E-state index in [9.17, 15) is 0 Å². The van der Waals surface area contributed by atoms with Gasteiger partial charge in [-0.2, -0.15) is 8.42 Å². The van der Waals surface area contributed by atoms with E-state index in [2.05, 4.69) is 0 Å². The van der Waals surface area contributed by atoms with Crippen LogP contribution in [0.2, 0.25) is 0 Å². The van der Waals surface area contributed by atoms with Crippen molar-refractivity contribution in [3.8, 4) is 0 Å². The monoisotopic (exact) mass is 163 g/mol. The summed E-state index contributed by atoms with van der Waals surface area (Å²) in [6, 6.07) is 0. The van der Waals surface area contributed by atoms with Crippen molar-refractivity contribution in [2.75, 3.05) is 0 Å². The van der Waals surface area contributed by atoms with Crippen LogP contribution in [0, 0.1) is 0 Å². The normalized spacial score (nSPS) is 4.50. The average molecular weight is 163 g/mol. The van der Waals surface area contributed by atoms with Gasteiger partial charge in [0.25, 0.3) is 0 Å². The molecular weight excluding hydrogens is 156 g/mol. The number of hydrogen-bond donors (Lipinski definition) is 0. The van der Waals surface area contributed by atoms with E-state index in [1.165, 1.54) is 0 Å². The van der Waals surface area contributed by atoms with Crippen LogP contribution < -0.4 is 0 Å². The summed E-state index contributed by atoms with van der Waals surface area (Å²) < 4.78 is 41.9. The maximum atomic E-state index is 8.44. The molecule has 5 nitrogen and oxygen atoms in total. The molecule has 0 bridgehead atoms. The molecular formula is CH6O5S2. The fraction of sp³-hybridized carbons (Fsp3) is 1.00. The zero-order valence-corrected chi connectivity index (χ0v) is 4.49. The summed E-state index contributed by atoms with van der Waals surface area (Å²) in [6.07, 6.45) is 0. The minimum absolute atomic E-state index is 0. The van der Waals surface area contributed by atoms with E-state index in [-0.39, 0.29) is 8.85 Å². The first-order valence-electron chi connectivity index (χ1n) is 0.833. The first kappa shape index (κ1) is 15.7. The molecule has 0 rings (SSSR count). The van der Waals surface area contributed by atoms with Gasteiger partial charge in [0, 0.05) is 1.43 Å². The van der Waals surface area contributed by atoms with Crippen LogP contribution in [0.3, 0.4) is 0 Å². The van der Waals surface area contributed by atoms with Crippen LogP contribution in [0.4, 0.5) is 0 Å². The second-order valence-corrected chi connectivity index (χ2v) is 0.816. The second kappa shape index (κ2) is 16.1. The lowest BCUT2D eigenvalue weighted by Crippen LogP contribution is -1.40. The van der Waals surface area contributed by atoms with Crippen LogP contribution in [0.5, 0.6) is 0 Å². The molecule has 0 aromatic heterocycles. The van der Waals surface area contributed by atoms with E-state index in [1.54, 1.807) is 0 Å². The molecule has 0 saturated carbocycles. The van der Waals surface area contributed by atoms with E-state index in [0.717, 1.165) is 0 Å². The predicted molar refractivity (Wildman–Crippen MR) is 27.5 cm³/mol. The first-order valence-corrected chi connectivity index (χ1v) is 2.50. The molecule has 0 aliphatic carbocycles. The molecule has 0 aliphatic rings. The predicted octanol–water partition coefficient (Wildman–Crippen LogP) is -0.792. The highest BCUT2D eigenvalue weighted by molar-refractivity contribution is 7.59. The Balaban J connectivity index is -0.0000000233. The van der Waals surface area contributed by atoms with E-state index in [0.29, 0.717) is 0 Å². The summed E-state index contributed by atoms with van der Waals surface area (Å²) in [5, 5.41) is 0. The molecule has 0 amide bonds.